The lowest BCUT2D eigenvalue weighted by Gasteiger charge is -2.15. The zero-order chi connectivity index (χ0) is 15.4. The Morgan fingerprint density at radius 2 is 1.38 bits per heavy atom. The van der Waals surface area contributed by atoms with Gasteiger partial charge in [-0.15, -0.1) is 0 Å². The topological polar surface area (TPSA) is 27.7 Å². The number of rotatable bonds is 5. The van der Waals surface area contributed by atoms with Crippen LogP contribution in [0.3, 0.4) is 0 Å². The molecule has 0 unspecified atom stereocenters. The van der Waals surface area contributed by atoms with Crippen LogP contribution in [0, 0.1) is 0 Å². The Balaban J connectivity index is 2.48. The van der Waals surface area contributed by atoms with Crippen LogP contribution < -0.4 is 14.2 Å². The third kappa shape index (κ3) is 3.14. The summed E-state index contributed by atoms with van der Waals surface area (Å²) in [6.07, 6.45) is 0. The Morgan fingerprint density at radius 1 is 0.857 bits per heavy atom. The second-order valence-corrected chi connectivity index (χ2v) is 4.84. The number of benzene rings is 2. The fourth-order valence-corrected chi connectivity index (χ4v) is 2.20. The first kappa shape index (κ1) is 15.3. The van der Waals surface area contributed by atoms with Gasteiger partial charge in [-0.3, -0.25) is 0 Å². The molecule has 2 aromatic carbocycles. The van der Waals surface area contributed by atoms with Crippen molar-refractivity contribution in [3.8, 4) is 17.2 Å². The van der Waals surface area contributed by atoms with Gasteiger partial charge in [-0.05, 0) is 41.0 Å². The predicted molar refractivity (Wildman–Crippen MR) is 85.7 cm³/mol. The van der Waals surface area contributed by atoms with Crippen molar-refractivity contribution in [1.82, 2.24) is 0 Å². The normalized spacial score (nSPS) is 10.1. The van der Waals surface area contributed by atoms with E-state index in [1.54, 1.807) is 21.3 Å². The molecule has 0 aliphatic rings. The summed E-state index contributed by atoms with van der Waals surface area (Å²) < 4.78 is 16.0. The molecule has 2 aromatic rings. The van der Waals surface area contributed by atoms with Crippen molar-refractivity contribution in [2.75, 3.05) is 21.3 Å². The molecule has 4 heteroatoms. The van der Waals surface area contributed by atoms with E-state index in [1.165, 1.54) is 0 Å². The molecule has 0 aliphatic heterocycles. The Morgan fingerprint density at radius 3 is 1.81 bits per heavy atom. The van der Waals surface area contributed by atoms with Gasteiger partial charge in [0.2, 0.25) is 5.75 Å². The van der Waals surface area contributed by atoms with Crippen molar-refractivity contribution in [3.63, 3.8) is 0 Å². The van der Waals surface area contributed by atoms with Crippen molar-refractivity contribution in [1.29, 1.82) is 0 Å². The Hall–Kier alpha value is -2.13. The van der Waals surface area contributed by atoms with E-state index in [0.29, 0.717) is 22.3 Å². The van der Waals surface area contributed by atoms with E-state index in [-0.39, 0.29) is 0 Å². The largest absolute Gasteiger partial charge is 0.493 e. The Labute approximate surface area is 129 Å². The zero-order valence-corrected chi connectivity index (χ0v) is 13.0. The smallest absolute Gasteiger partial charge is 0.203 e. The van der Waals surface area contributed by atoms with Gasteiger partial charge in [0, 0.05) is 5.02 Å². The summed E-state index contributed by atoms with van der Waals surface area (Å²) in [5.74, 6) is 1.76. The van der Waals surface area contributed by atoms with Gasteiger partial charge in [0.1, 0.15) is 0 Å². The van der Waals surface area contributed by atoms with Crippen LogP contribution in [0.25, 0.3) is 5.57 Å². The van der Waals surface area contributed by atoms with Gasteiger partial charge in [-0.2, -0.15) is 0 Å². The lowest BCUT2D eigenvalue weighted by molar-refractivity contribution is 0.324. The molecule has 0 radical (unpaired) electrons. The molecule has 0 bridgehead atoms. The molecule has 0 aliphatic carbocycles. The lowest BCUT2D eigenvalue weighted by Crippen LogP contribution is -1.97. The van der Waals surface area contributed by atoms with Gasteiger partial charge in [0.15, 0.2) is 11.5 Å². The van der Waals surface area contributed by atoms with Crippen molar-refractivity contribution < 1.29 is 14.2 Å². The zero-order valence-electron chi connectivity index (χ0n) is 12.3. The molecule has 0 aromatic heterocycles. The van der Waals surface area contributed by atoms with E-state index in [4.69, 9.17) is 25.8 Å². The predicted octanol–water partition coefficient (Wildman–Crippen LogP) is 4.43. The molecule has 0 saturated carbocycles. The summed E-state index contributed by atoms with van der Waals surface area (Å²) in [6, 6.07) is 11.3. The summed E-state index contributed by atoms with van der Waals surface area (Å²) >= 11 is 5.91. The summed E-state index contributed by atoms with van der Waals surface area (Å²) in [7, 11) is 4.76. The highest BCUT2D eigenvalue weighted by atomic mass is 35.5. The SMILES string of the molecule is C=C(c1ccc(Cl)cc1)c1cc(OC)c(OC)c(OC)c1. The van der Waals surface area contributed by atoms with Crippen LogP contribution in [0.5, 0.6) is 17.2 Å². The molecular formula is C17H17ClO3. The van der Waals surface area contributed by atoms with Gasteiger partial charge >= 0.3 is 0 Å². The second kappa shape index (κ2) is 6.55. The van der Waals surface area contributed by atoms with E-state index in [2.05, 4.69) is 6.58 Å². The maximum absolute atomic E-state index is 5.91. The van der Waals surface area contributed by atoms with Crippen molar-refractivity contribution in [3.05, 3.63) is 59.1 Å². The highest BCUT2D eigenvalue weighted by Gasteiger charge is 2.15. The molecule has 0 atom stereocenters. The summed E-state index contributed by atoms with van der Waals surface area (Å²) in [5.41, 5.74) is 2.73. The monoisotopic (exact) mass is 304 g/mol. The number of halogens is 1. The van der Waals surface area contributed by atoms with E-state index in [0.717, 1.165) is 16.7 Å². The van der Waals surface area contributed by atoms with Crippen LogP contribution in [0.4, 0.5) is 0 Å². The van der Waals surface area contributed by atoms with Crippen LogP contribution in [0.1, 0.15) is 11.1 Å². The molecule has 0 fully saturated rings. The van der Waals surface area contributed by atoms with Crippen molar-refractivity contribution >= 4 is 17.2 Å². The minimum absolute atomic E-state index is 0.563. The highest BCUT2D eigenvalue weighted by molar-refractivity contribution is 6.30. The first-order valence-electron chi connectivity index (χ1n) is 6.36. The molecular weight excluding hydrogens is 288 g/mol. The first-order chi connectivity index (χ1) is 10.1. The van der Waals surface area contributed by atoms with Gasteiger partial charge in [-0.1, -0.05) is 30.3 Å². The van der Waals surface area contributed by atoms with E-state index in [1.807, 2.05) is 36.4 Å². The van der Waals surface area contributed by atoms with Gasteiger partial charge < -0.3 is 14.2 Å². The summed E-state index contributed by atoms with van der Waals surface area (Å²) in [5, 5.41) is 0.691. The number of methoxy groups -OCH3 is 3. The maximum atomic E-state index is 5.91. The minimum Gasteiger partial charge on any atom is -0.493 e. The Bertz CT molecular complexity index is 623. The lowest BCUT2D eigenvalue weighted by atomic mass is 9.99. The van der Waals surface area contributed by atoms with Crippen molar-refractivity contribution in [2.45, 2.75) is 0 Å². The average molecular weight is 305 g/mol. The van der Waals surface area contributed by atoms with Crippen LogP contribution in [0.15, 0.2) is 43.0 Å². The Kier molecular flexibility index (Phi) is 4.76. The van der Waals surface area contributed by atoms with Gasteiger partial charge in [0.05, 0.1) is 21.3 Å². The minimum atomic E-state index is 0.563. The molecule has 0 N–H and O–H groups in total. The number of hydrogen-bond acceptors (Lipinski definition) is 3. The van der Waals surface area contributed by atoms with E-state index >= 15 is 0 Å². The second-order valence-electron chi connectivity index (χ2n) is 4.40. The summed E-state index contributed by atoms with van der Waals surface area (Å²) in [4.78, 5) is 0. The number of hydrogen-bond donors (Lipinski definition) is 0. The third-order valence-electron chi connectivity index (χ3n) is 3.21. The molecule has 0 saturated heterocycles. The molecule has 0 spiro atoms. The number of ether oxygens (including phenoxy) is 3. The molecule has 2 rings (SSSR count). The molecule has 0 amide bonds. The van der Waals surface area contributed by atoms with Crippen LogP contribution in [-0.2, 0) is 0 Å². The quantitative estimate of drug-likeness (QED) is 0.818. The summed E-state index contributed by atoms with van der Waals surface area (Å²) in [6.45, 7) is 4.14. The van der Waals surface area contributed by atoms with Crippen molar-refractivity contribution in [2.24, 2.45) is 0 Å². The molecule has 110 valence electrons. The van der Waals surface area contributed by atoms with E-state index < -0.39 is 0 Å². The van der Waals surface area contributed by atoms with Crippen LogP contribution in [-0.4, -0.2) is 21.3 Å². The molecule has 0 heterocycles. The van der Waals surface area contributed by atoms with Crippen LogP contribution in [0.2, 0.25) is 5.02 Å². The molecule has 3 nitrogen and oxygen atoms in total. The third-order valence-corrected chi connectivity index (χ3v) is 3.46. The van der Waals surface area contributed by atoms with Gasteiger partial charge in [0.25, 0.3) is 0 Å². The van der Waals surface area contributed by atoms with E-state index in [9.17, 15) is 0 Å². The maximum Gasteiger partial charge on any atom is 0.203 e. The fraction of sp³-hybridized carbons (Fsp3) is 0.176. The molecule has 21 heavy (non-hydrogen) atoms. The van der Waals surface area contributed by atoms with Crippen LogP contribution >= 0.6 is 11.6 Å². The van der Waals surface area contributed by atoms with Gasteiger partial charge in [-0.25, -0.2) is 0 Å². The average Bonchev–Trinajstić information content (AvgIpc) is 2.53. The first-order valence-corrected chi connectivity index (χ1v) is 6.73. The fourth-order valence-electron chi connectivity index (χ4n) is 2.07. The highest BCUT2D eigenvalue weighted by Crippen LogP contribution is 2.40. The standard InChI is InChI=1S/C17H17ClO3/c1-11(12-5-7-14(18)8-6-12)13-9-15(19-2)17(21-4)16(10-13)20-3/h5-10H,1H2,2-4H3.